The van der Waals surface area contributed by atoms with E-state index in [9.17, 15) is 43.2 Å². The Hall–Kier alpha value is -1.94. The van der Waals surface area contributed by atoms with Gasteiger partial charge < -0.3 is 33.8 Å². The molecule has 2 unspecified atom stereocenters. The molecule has 0 aliphatic carbocycles. The fourth-order valence-corrected chi connectivity index (χ4v) is 12.3. The van der Waals surface area contributed by atoms with Crippen LogP contribution < -0.4 is 0 Å². The van der Waals surface area contributed by atoms with E-state index in [1.807, 2.05) is 0 Å². The number of aliphatic hydroxyl groups is 1. The summed E-state index contributed by atoms with van der Waals surface area (Å²) in [5.41, 5.74) is 0. The zero-order chi connectivity index (χ0) is 66.5. The van der Waals surface area contributed by atoms with Gasteiger partial charge in [-0.25, -0.2) is 9.13 Å². The molecule has 0 aromatic heterocycles. The van der Waals surface area contributed by atoms with E-state index in [0.717, 1.165) is 108 Å². The van der Waals surface area contributed by atoms with Gasteiger partial charge in [0.1, 0.15) is 19.3 Å². The van der Waals surface area contributed by atoms with Crippen molar-refractivity contribution in [3.63, 3.8) is 0 Å². The van der Waals surface area contributed by atoms with Crippen molar-refractivity contribution in [1.29, 1.82) is 0 Å². The number of hydrogen-bond donors (Lipinski definition) is 3. The van der Waals surface area contributed by atoms with E-state index in [2.05, 4.69) is 41.5 Å². The number of esters is 4. The Bertz CT molecular complexity index is 1750. The molecule has 0 spiro atoms. The highest BCUT2D eigenvalue weighted by Gasteiger charge is 2.30. The van der Waals surface area contributed by atoms with E-state index in [-0.39, 0.29) is 25.7 Å². The van der Waals surface area contributed by atoms with Crippen LogP contribution in [0.3, 0.4) is 0 Å². The Morgan fingerprint density at radius 2 is 0.511 bits per heavy atom. The van der Waals surface area contributed by atoms with Crippen molar-refractivity contribution in [3.05, 3.63) is 0 Å². The van der Waals surface area contributed by atoms with Crippen LogP contribution in [0, 0.1) is 11.8 Å². The summed E-state index contributed by atoms with van der Waals surface area (Å²) in [5.74, 6) is -0.548. The molecule has 0 aromatic rings. The minimum Gasteiger partial charge on any atom is -0.462 e. The summed E-state index contributed by atoms with van der Waals surface area (Å²) in [6, 6.07) is 0. The molecule has 0 rings (SSSR count). The third-order valence-electron chi connectivity index (χ3n) is 16.5. The van der Waals surface area contributed by atoms with E-state index in [1.165, 1.54) is 173 Å². The highest BCUT2D eigenvalue weighted by atomic mass is 31.2. The van der Waals surface area contributed by atoms with Crippen LogP contribution in [-0.2, 0) is 65.4 Å². The second-order valence-corrected chi connectivity index (χ2v) is 29.5. The fourth-order valence-electron chi connectivity index (χ4n) is 10.8. The Morgan fingerprint density at radius 1 is 0.300 bits per heavy atom. The fraction of sp³-hybridized carbons (Fsp3) is 0.944. The molecule has 5 atom stereocenters. The van der Waals surface area contributed by atoms with Crippen LogP contribution in [0.4, 0.5) is 0 Å². The topological polar surface area (TPSA) is 237 Å². The van der Waals surface area contributed by atoms with E-state index >= 15 is 0 Å². The largest absolute Gasteiger partial charge is 0.472 e. The summed E-state index contributed by atoms with van der Waals surface area (Å²) >= 11 is 0. The SMILES string of the molecule is CCCCCCCCCCCCC(=O)O[C@H](COC(=O)CCCCCCCCCC)COP(=O)(O)OC[C@H](O)COP(=O)(O)OC[C@@H](COC(=O)CCCCCCCCCCCCCCC(C)C)OC(=O)CCCCCCCCCCCCCCCCC(C)C. The first-order chi connectivity index (χ1) is 43.4. The van der Waals surface area contributed by atoms with Gasteiger partial charge in [0.05, 0.1) is 26.4 Å². The molecule has 0 heterocycles. The molecule has 0 saturated carbocycles. The van der Waals surface area contributed by atoms with Crippen molar-refractivity contribution in [1.82, 2.24) is 0 Å². The molecule has 17 nitrogen and oxygen atoms in total. The molecule has 0 amide bonds. The van der Waals surface area contributed by atoms with E-state index in [0.29, 0.717) is 25.7 Å². The molecule has 0 aliphatic rings. The minimum atomic E-state index is -4.95. The molecule has 0 fully saturated rings. The smallest absolute Gasteiger partial charge is 0.462 e. The van der Waals surface area contributed by atoms with Gasteiger partial charge in [0.15, 0.2) is 12.2 Å². The van der Waals surface area contributed by atoms with Gasteiger partial charge in [-0.15, -0.1) is 0 Å². The molecule has 3 N–H and O–H groups in total. The molecular formula is C71H138O17P2. The lowest BCUT2D eigenvalue weighted by molar-refractivity contribution is -0.161. The van der Waals surface area contributed by atoms with Crippen molar-refractivity contribution < 1.29 is 80.2 Å². The third kappa shape index (κ3) is 64.8. The van der Waals surface area contributed by atoms with Crippen LogP contribution in [0.1, 0.15) is 363 Å². The number of carbonyl (C=O) groups is 4. The number of phosphoric acid groups is 2. The normalized spacial score (nSPS) is 14.1. The van der Waals surface area contributed by atoms with Crippen molar-refractivity contribution in [2.75, 3.05) is 39.6 Å². The van der Waals surface area contributed by atoms with Crippen LogP contribution in [0.5, 0.6) is 0 Å². The Kier molecular flexibility index (Phi) is 61.8. The summed E-state index contributed by atoms with van der Waals surface area (Å²) in [4.78, 5) is 72.5. The number of rotatable bonds is 70. The Balaban J connectivity index is 5.21. The van der Waals surface area contributed by atoms with Crippen molar-refractivity contribution in [2.45, 2.75) is 381 Å². The van der Waals surface area contributed by atoms with Crippen molar-refractivity contribution in [3.8, 4) is 0 Å². The van der Waals surface area contributed by atoms with Gasteiger partial charge in [-0.3, -0.25) is 37.3 Å². The lowest BCUT2D eigenvalue weighted by atomic mass is 10.0. The standard InChI is InChI=1S/C71H138O17P2/c1-7-9-11-13-15-17-30-37-43-49-55-70(75)87-66(59-81-68(73)53-47-41-35-16-14-12-10-8-2)61-85-89(77,78)83-57-65(72)58-84-90(79,80)86-62-67(60-82-69(74)54-48-42-36-31-26-23-22-25-29-34-40-46-52-64(5)6)88-71(76)56-50-44-38-32-27-21-19-18-20-24-28-33-39-45-51-63(3)4/h63-67,72H,7-62H2,1-6H3,(H,77,78)(H,79,80)/t65-,66+,67+/m0/s1. The van der Waals surface area contributed by atoms with Crippen LogP contribution in [-0.4, -0.2) is 96.7 Å². The minimum absolute atomic E-state index is 0.106. The number of phosphoric ester groups is 2. The second-order valence-electron chi connectivity index (χ2n) is 26.6. The molecule has 0 bridgehead atoms. The average Bonchev–Trinajstić information content (AvgIpc) is 2.66. The van der Waals surface area contributed by atoms with Crippen LogP contribution in [0.15, 0.2) is 0 Å². The quantitative estimate of drug-likeness (QED) is 0.0222. The molecule has 534 valence electrons. The summed E-state index contributed by atoms with van der Waals surface area (Å²) in [5, 5.41) is 10.6. The first-order valence-corrected chi connectivity index (χ1v) is 40.0. The zero-order valence-corrected chi connectivity index (χ0v) is 60.2. The van der Waals surface area contributed by atoms with E-state index in [1.54, 1.807) is 0 Å². The summed E-state index contributed by atoms with van der Waals surface area (Å²) in [6.45, 7) is 9.56. The van der Waals surface area contributed by atoms with Gasteiger partial charge in [0, 0.05) is 25.7 Å². The maximum Gasteiger partial charge on any atom is 0.472 e. The van der Waals surface area contributed by atoms with Crippen molar-refractivity contribution in [2.24, 2.45) is 11.8 Å². The molecule has 0 aliphatic heterocycles. The average molecular weight is 1330 g/mol. The van der Waals surface area contributed by atoms with E-state index in [4.69, 9.17) is 37.0 Å². The lowest BCUT2D eigenvalue weighted by Crippen LogP contribution is -2.30. The van der Waals surface area contributed by atoms with Gasteiger partial charge in [-0.1, -0.05) is 311 Å². The second kappa shape index (κ2) is 63.1. The van der Waals surface area contributed by atoms with E-state index < -0.39 is 97.5 Å². The number of ether oxygens (including phenoxy) is 4. The van der Waals surface area contributed by atoms with Crippen LogP contribution in [0.2, 0.25) is 0 Å². The van der Waals surface area contributed by atoms with Crippen molar-refractivity contribution >= 4 is 39.5 Å². The summed E-state index contributed by atoms with van der Waals surface area (Å²) in [7, 11) is -9.90. The molecule has 0 aromatic carbocycles. The van der Waals surface area contributed by atoms with Gasteiger partial charge >= 0.3 is 39.5 Å². The molecule has 90 heavy (non-hydrogen) atoms. The maximum absolute atomic E-state index is 13.0. The van der Waals surface area contributed by atoms with Gasteiger partial charge in [0.25, 0.3) is 0 Å². The monoisotopic (exact) mass is 1320 g/mol. The molecule has 0 radical (unpaired) electrons. The predicted molar refractivity (Wildman–Crippen MR) is 363 cm³/mol. The third-order valence-corrected chi connectivity index (χ3v) is 18.4. The first-order valence-electron chi connectivity index (χ1n) is 37.0. The summed E-state index contributed by atoms with van der Waals surface area (Å²) < 4.78 is 68.2. The number of unbranched alkanes of at least 4 members (excludes halogenated alkanes) is 40. The van der Waals surface area contributed by atoms with Gasteiger partial charge in [-0.05, 0) is 37.5 Å². The number of carbonyl (C=O) groups excluding carboxylic acids is 4. The molecule has 0 saturated heterocycles. The highest BCUT2D eigenvalue weighted by molar-refractivity contribution is 7.47. The number of hydrogen-bond acceptors (Lipinski definition) is 15. The Morgan fingerprint density at radius 3 is 0.756 bits per heavy atom. The van der Waals surface area contributed by atoms with Crippen LogP contribution in [0.25, 0.3) is 0 Å². The van der Waals surface area contributed by atoms with Gasteiger partial charge in [0.2, 0.25) is 0 Å². The zero-order valence-electron chi connectivity index (χ0n) is 58.4. The lowest BCUT2D eigenvalue weighted by Gasteiger charge is -2.21. The summed E-state index contributed by atoms with van der Waals surface area (Å²) in [6.07, 6.45) is 48.6. The first kappa shape index (κ1) is 88.1. The highest BCUT2D eigenvalue weighted by Crippen LogP contribution is 2.45. The maximum atomic E-state index is 13.0. The molecule has 19 heteroatoms. The Labute approximate surface area is 549 Å². The number of aliphatic hydroxyl groups excluding tert-OH is 1. The molecular weight excluding hydrogens is 1190 g/mol. The predicted octanol–water partition coefficient (Wildman–Crippen LogP) is 20.4. The van der Waals surface area contributed by atoms with Gasteiger partial charge in [-0.2, -0.15) is 0 Å². The van der Waals surface area contributed by atoms with Crippen LogP contribution >= 0.6 is 15.6 Å².